The summed E-state index contributed by atoms with van der Waals surface area (Å²) in [6.07, 6.45) is 0. The molecule has 0 saturated heterocycles. The van der Waals surface area contributed by atoms with Gasteiger partial charge in [0.25, 0.3) is 0 Å². The van der Waals surface area contributed by atoms with E-state index in [0.717, 1.165) is 0 Å². The standard InChI is InChI=1S/C28H18S2/c1-2-9-20-19(7-1)8-3-12-23(20)27-16-17-28(30-27)25-14-5-10-21-22(25)11-4-13-24(21)26-15-6-18-29-26/h1-18H. The summed E-state index contributed by atoms with van der Waals surface area (Å²) in [6, 6.07) is 37.4. The van der Waals surface area contributed by atoms with Crippen molar-refractivity contribution in [2.75, 3.05) is 0 Å². The molecule has 142 valence electrons. The van der Waals surface area contributed by atoms with Crippen molar-refractivity contribution >= 4 is 44.2 Å². The Labute approximate surface area is 183 Å². The van der Waals surface area contributed by atoms with E-state index >= 15 is 0 Å². The lowest BCUT2D eigenvalue weighted by molar-refractivity contribution is 1.72. The van der Waals surface area contributed by atoms with Gasteiger partial charge in [-0.25, -0.2) is 0 Å². The molecule has 0 N–H and O–H groups in total. The van der Waals surface area contributed by atoms with E-state index in [0.29, 0.717) is 0 Å². The lowest BCUT2D eigenvalue weighted by atomic mass is 9.98. The molecule has 0 nitrogen and oxygen atoms in total. The normalized spacial score (nSPS) is 11.3. The van der Waals surface area contributed by atoms with Gasteiger partial charge in [0.15, 0.2) is 0 Å². The second-order valence-corrected chi connectivity index (χ2v) is 9.41. The highest BCUT2D eigenvalue weighted by molar-refractivity contribution is 7.19. The van der Waals surface area contributed by atoms with Crippen LogP contribution in [0.4, 0.5) is 0 Å². The minimum atomic E-state index is 1.29. The van der Waals surface area contributed by atoms with Crippen LogP contribution in [-0.2, 0) is 0 Å². The smallest absolute Gasteiger partial charge is 0.0355 e. The van der Waals surface area contributed by atoms with E-state index in [9.17, 15) is 0 Å². The van der Waals surface area contributed by atoms with Gasteiger partial charge in [-0.05, 0) is 61.8 Å². The highest BCUT2D eigenvalue weighted by atomic mass is 32.1. The van der Waals surface area contributed by atoms with Crippen LogP contribution in [0.15, 0.2) is 109 Å². The minimum absolute atomic E-state index is 1.29. The van der Waals surface area contributed by atoms with Crippen molar-refractivity contribution in [2.24, 2.45) is 0 Å². The highest BCUT2D eigenvalue weighted by Crippen LogP contribution is 2.41. The maximum absolute atomic E-state index is 2.27. The summed E-state index contributed by atoms with van der Waals surface area (Å²) >= 11 is 3.67. The van der Waals surface area contributed by atoms with Crippen LogP contribution in [0.1, 0.15) is 0 Å². The zero-order chi connectivity index (χ0) is 19.9. The third-order valence-corrected chi connectivity index (χ3v) is 7.69. The molecule has 2 heteroatoms. The van der Waals surface area contributed by atoms with Gasteiger partial charge in [0.1, 0.15) is 0 Å². The monoisotopic (exact) mass is 418 g/mol. The average Bonchev–Trinajstić information content (AvgIpc) is 3.50. The SMILES string of the molecule is c1csc(-c2cccc3c(-c4ccc(-c5cccc6ccccc56)s4)cccc23)c1. The van der Waals surface area contributed by atoms with Crippen LogP contribution in [0.5, 0.6) is 0 Å². The van der Waals surface area contributed by atoms with Gasteiger partial charge in [0.05, 0.1) is 0 Å². The summed E-state index contributed by atoms with van der Waals surface area (Å²) in [4.78, 5) is 3.94. The van der Waals surface area contributed by atoms with Gasteiger partial charge in [0.2, 0.25) is 0 Å². The van der Waals surface area contributed by atoms with Gasteiger partial charge in [-0.15, -0.1) is 22.7 Å². The lowest BCUT2D eigenvalue weighted by Crippen LogP contribution is -1.81. The van der Waals surface area contributed by atoms with Gasteiger partial charge >= 0.3 is 0 Å². The minimum Gasteiger partial charge on any atom is -0.144 e. The van der Waals surface area contributed by atoms with Crippen molar-refractivity contribution in [2.45, 2.75) is 0 Å². The Morgan fingerprint density at radius 3 is 1.67 bits per heavy atom. The predicted octanol–water partition coefficient (Wildman–Crippen LogP) is 9.12. The van der Waals surface area contributed by atoms with E-state index in [2.05, 4.69) is 109 Å². The summed E-state index contributed by atoms with van der Waals surface area (Å²) in [7, 11) is 0. The molecule has 0 saturated carbocycles. The first kappa shape index (κ1) is 17.6. The van der Waals surface area contributed by atoms with E-state index in [4.69, 9.17) is 0 Å². The summed E-state index contributed by atoms with van der Waals surface area (Å²) in [5, 5.41) is 7.38. The zero-order valence-corrected chi connectivity index (χ0v) is 17.8. The maximum Gasteiger partial charge on any atom is 0.0355 e. The molecular weight excluding hydrogens is 400 g/mol. The average molecular weight is 419 g/mol. The molecule has 6 aromatic rings. The topological polar surface area (TPSA) is 0 Å². The third-order valence-electron chi connectivity index (χ3n) is 5.64. The quantitative estimate of drug-likeness (QED) is 0.269. The van der Waals surface area contributed by atoms with E-state index in [1.807, 2.05) is 11.3 Å². The Balaban J connectivity index is 1.51. The second kappa shape index (κ2) is 7.24. The van der Waals surface area contributed by atoms with Crippen molar-refractivity contribution in [3.05, 3.63) is 109 Å². The fourth-order valence-electron chi connectivity index (χ4n) is 4.24. The molecule has 2 heterocycles. The van der Waals surface area contributed by atoms with Crippen LogP contribution in [-0.4, -0.2) is 0 Å². The van der Waals surface area contributed by atoms with Gasteiger partial charge in [-0.2, -0.15) is 0 Å². The molecule has 0 amide bonds. The summed E-state index contributed by atoms with van der Waals surface area (Å²) in [6.45, 7) is 0. The first-order chi connectivity index (χ1) is 14.9. The first-order valence-electron chi connectivity index (χ1n) is 10.0. The highest BCUT2D eigenvalue weighted by Gasteiger charge is 2.12. The van der Waals surface area contributed by atoms with E-state index in [1.54, 1.807) is 11.3 Å². The Bertz CT molecular complexity index is 1480. The number of fused-ring (bicyclic) bond motifs is 2. The molecule has 0 aliphatic rings. The molecule has 0 atom stereocenters. The van der Waals surface area contributed by atoms with Gasteiger partial charge < -0.3 is 0 Å². The summed E-state index contributed by atoms with van der Waals surface area (Å²) in [5.74, 6) is 0. The molecule has 30 heavy (non-hydrogen) atoms. The predicted molar refractivity (Wildman–Crippen MR) is 134 cm³/mol. The largest absolute Gasteiger partial charge is 0.144 e. The molecule has 0 radical (unpaired) electrons. The Hall–Kier alpha value is -3.20. The zero-order valence-electron chi connectivity index (χ0n) is 16.2. The third kappa shape index (κ3) is 2.88. The maximum atomic E-state index is 2.27. The number of hydrogen-bond donors (Lipinski definition) is 0. The molecule has 0 unspecified atom stereocenters. The van der Waals surface area contributed by atoms with E-state index < -0.39 is 0 Å². The van der Waals surface area contributed by atoms with Crippen LogP contribution in [0.3, 0.4) is 0 Å². The van der Waals surface area contributed by atoms with Crippen molar-refractivity contribution < 1.29 is 0 Å². The Morgan fingerprint density at radius 2 is 0.967 bits per heavy atom. The molecule has 0 fully saturated rings. The van der Waals surface area contributed by atoms with Crippen molar-refractivity contribution in [1.29, 1.82) is 0 Å². The summed E-state index contributed by atoms with van der Waals surface area (Å²) < 4.78 is 0. The molecule has 0 aliphatic carbocycles. The molecule has 2 aromatic heterocycles. The van der Waals surface area contributed by atoms with E-state index in [1.165, 1.54) is 52.9 Å². The molecule has 0 aliphatic heterocycles. The van der Waals surface area contributed by atoms with Crippen molar-refractivity contribution in [1.82, 2.24) is 0 Å². The molecule has 4 aromatic carbocycles. The van der Waals surface area contributed by atoms with Crippen LogP contribution < -0.4 is 0 Å². The Kier molecular flexibility index (Phi) is 4.26. The van der Waals surface area contributed by atoms with Crippen LogP contribution in [0.25, 0.3) is 52.9 Å². The number of rotatable bonds is 3. The Morgan fingerprint density at radius 1 is 0.400 bits per heavy atom. The van der Waals surface area contributed by atoms with Crippen LogP contribution in [0.2, 0.25) is 0 Å². The second-order valence-electron chi connectivity index (χ2n) is 7.37. The lowest BCUT2D eigenvalue weighted by Gasteiger charge is -2.09. The first-order valence-corrected chi connectivity index (χ1v) is 11.7. The van der Waals surface area contributed by atoms with Gasteiger partial charge in [0, 0.05) is 14.6 Å². The molecule has 6 rings (SSSR count). The fraction of sp³-hybridized carbons (Fsp3) is 0. The molecule has 0 bridgehead atoms. The summed E-state index contributed by atoms with van der Waals surface area (Å²) in [5.41, 5.74) is 3.93. The number of benzene rings is 4. The number of thiophene rings is 2. The van der Waals surface area contributed by atoms with Crippen LogP contribution >= 0.6 is 22.7 Å². The van der Waals surface area contributed by atoms with Gasteiger partial charge in [-0.3, -0.25) is 0 Å². The van der Waals surface area contributed by atoms with Gasteiger partial charge in [-0.1, -0.05) is 84.9 Å². The van der Waals surface area contributed by atoms with E-state index in [-0.39, 0.29) is 0 Å². The van der Waals surface area contributed by atoms with Crippen molar-refractivity contribution in [3.8, 4) is 31.3 Å². The van der Waals surface area contributed by atoms with Crippen molar-refractivity contribution in [3.63, 3.8) is 0 Å². The fourth-order valence-corrected chi connectivity index (χ4v) is 6.09. The molecule has 0 spiro atoms. The number of hydrogen-bond acceptors (Lipinski definition) is 2. The molecular formula is C28H18S2. The van der Waals surface area contributed by atoms with Crippen LogP contribution in [0, 0.1) is 0 Å².